The molecule has 0 spiro atoms. The van der Waals surface area contributed by atoms with E-state index in [0.717, 1.165) is 21.8 Å². The van der Waals surface area contributed by atoms with Gasteiger partial charge in [0.2, 0.25) is 0 Å². The Morgan fingerprint density at radius 2 is 2.28 bits per heavy atom. The second-order valence-electron chi connectivity index (χ2n) is 3.77. The Morgan fingerprint density at radius 3 is 3.17 bits per heavy atom. The molecule has 2 heterocycles. The van der Waals surface area contributed by atoms with Crippen molar-refractivity contribution in [1.82, 2.24) is 9.97 Å². The number of thioether (sulfide) groups is 1. The third-order valence-electron chi connectivity index (χ3n) is 2.66. The smallest absolute Gasteiger partial charge is 0.133 e. The molecular formula is C13H9N3S2. The third kappa shape index (κ3) is 2.01. The molecule has 1 N–H and O–H groups in total. The number of aromatic amines is 1. The molecule has 3 aromatic rings. The minimum Gasteiger partial charge on any atom is -0.360 e. The van der Waals surface area contributed by atoms with Crippen molar-refractivity contribution in [3.8, 4) is 16.0 Å². The Hall–Kier alpha value is -1.77. The molecule has 0 bridgehead atoms. The number of benzene rings is 1. The molecule has 0 aliphatic heterocycles. The normalized spacial score (nSPS) is 10.6. The van der Waals surface area contributed by atoms with E-state index in [0.29, 0.717) is 5.75 Å². The molecular weight excluding hydrogens is 262 g/mol. The van der Waals surface area contributed by atoms with Crippen LogP contribution in [-0.2, 0) is 5.75 Å². The summed E-state index contributed by atoms with van der Waals surface area (Å²) >= 11 is 2.84. The third-order valence-corrected chi connectivity index (χ3v) is 4.15. The van der Waals surface area contributed by atoms with Gasteiger partial charge in [0.05, 0.1) is 11.4 Å². The minimum atomic E-state index is 0.648. The Kier molecular flexibility index (Phi) is 3.05. The maximum Gasteiger partial charge on any atom is 0.133 e. The molecule has 2 aromatic heterocycles. The number of thiocyanates is 1. The summed E-state index contributed by atoms with van der Waals surface area (Å²) in [5.74, 6) is 0.648. The predicted molar refractivity (Wildman–Crippen MR) is 76.3 cm³/mol. The van der Waals surface area contributed by atoms with Gasteiger partial charge in [-0.2, -0.15) is 5.26 Å². The minimum absolute atomic E-state index is 0.648. The molecule has 0 aliphatic carbocycles. The van der Waals surface area contributed by atoms with E-state index < -0.39 is 0 Å². The van der Waals surface area contributed by atoms with Gasteiger partial charge in [-0.15, -0.1) is 11.3 Å². The summed E-state index contributed by atoms with van der Waals surface area (Å²) < 4.78 is 0. The molecule has 88 valence electrons. The fraction of sp³-hybridized carbons (Fsp3) is 0.0769. The number of hydrogen-bond donors (Lipinski definition) is 1. The van der Waals surface area contributed by atoms with Crippen LogP contribution in [0.3, 0.4) is 0 Å². The van der Waals surface area contributed by atoms with Gasteiger partial charge in [0.1, 0.15) is 10.4 Å². The second-order valence-corrected chi connectivity index (χ2v) is 5.39. The molecule has 0 saturated heterocycles. The van der Waals surface area contributed by atoms with Crippen LogP contribution in [0.2, 0.25) is 0 Å². The van der Waals surface area contributed by atoms with Crippen molar-refractivity contribution in [2.75, 3.05) is 0 Å². The topological polar surface area (TPSA) is 52.5 Å². The van der Waals surface area contributed by atoms with Crippen LogP contribution in [0.25, 0.3) is 21.5 Å². The first-order valence-electron chi connectivity index (χ1n) is 5.40. The van der Waals surface area contributed by atoms with Crippen molar-refractivity contribution in [2.24, 2.45) is 0 Å². The number of rotatable bonds is 3. The molecule has 0 aliphatic rings. The molecule has 0 atom stereocenters. The average Bonchev–Trinajstić information content (AvgIpc) is 3.02. The van der Waals surface area contributed by atoms with Crippen LogP contribution >= 0.6 is 23.1 Å². The predicted octanol–water partition coefficient (Wildman–Crippen LogP) is 4.01. The maximum atomic E-state index is 8.54. The Morgan fingerprint density at radius 1 is 1.39 bits per heavy atom. The molecule has 0 saturated carbocycles. The highest BCUT2D eigenvalue weighted by atomic mass is 32.2. The van der Waals surface area contributed by atoms with Crippen LogP contribution in [-0.4, -0.2) is 9.97 Å². The fourth-order valence-electron chi connectivity index (χ4n) is 1.85. The number of nitrogens with one attached hydrogen (secondary N) is 1. The molecule has 1 aromatic carbocycles. The first-order chi connectivity index (χ1) is 8.88. The number of aromatic nitrogens is 2. The summed E-state index contributed by atoms with van der Waals surface area (Å²) in [6.07, 6.45) is 1.99. The summed E-state index contributed by atoms with van der Waals surface area (Å²) in [6, 6.07) is 8.18. The van der Waals surface area contributed by atoms with Crippen LogP contribution in [0.4, 0.5) is 0 Å². The van der Waals surface area contributed by atoms with Crippen LogP contribution in [0.15, 0.2) is 35.8 Å². The summed E-state index contributed by atoms with van der Waals surface area (Å²) in [6.45, 7) is 0. The molecule has 0 radical (unpaired) electrons. The quantitative estimate of drug-likeness (QED) is 0.732. The summed E-state index contributed by atoms with van der Waals surface area (Å²) in [7, 11) is 0. The van der Waals surface area contributed by atoms with Crippen molar-refractivity contribution in [2.45, 2.75) is 5.75 Å². The lowest BCUT2D eigenvalue weighted by molar-refractivity contribution is 1.24. The standard InChI is InChI=1S/C13H9N3S2/c14-8-17-6-9-7-18-13(16-9)11-5-15-12-4-2-1-3-10(11)12/h1-5,7,15H,6H2. The zero-order valence-corrected chi connectivity index (χ0v) is 11.0. The highest BCUT2D eigenvalue weighted by Gasteiger charge is 2.09. The number of thiazole rings is 1. The molecule has 0 fully saturated rings. The zero-order chi connectivity index (χ0) is 12.4. The second kappa shape index (κ2) is 4.84. The zero-order valence-electron chi connectivity index (χ0n) is 9.38. The molecule has 3 nitrogen and oxygen atoms in total. The summed E-state index contributed by atoms with van der Waals surface area (Å²) in [5.41, 5.74) is 3.21. The highest BCUT2D eigenvalue weighted by Crippen LogP contribution is 2.31. The van der Waals surface area contributed by atoms with E-state index in [1.54, 1.807) is 11.3 Å². The molecule has 3 rings (SSSR count). The highest BCUT2D eigenvalue weighted by molar-refractivity contribution is 8.02. The average molecular weight is 271 g/mol. The van der Waals surface area contributed by atoms with E-state index in [1.165, 1.54) is 17.1 Å². The number of hydrogen-bond acceptors (Lipinski definition) is 4. The van der Waals surface area contributed by atoms with E-state index in [9.17, 15) is 0 Å². The Bertz CT molecular complexity index is 721. The van der Waals surface area contributed by atoms with E-state index in [1.807, 2.05) is 23.7 Å². The van der Waals surface area contributed by atoms with Crippen molar-refractivity contribution in [3.05, 3.63) is 41.5 Å². The van der Waals surface area contributed by atoms with E-state index >= 15 is 0 Å². The van der Waals surface area contributed by atoms with Gasteiger partial charge in [0.25, 0.3) is 0 Å². The Labute approximate surface area is 112 Å². The van der Waals surface area contributed by atoms with Gasteiger partial charge < -0.3 is 4.98 Å². The summed E-state index contributed by atoms with van der Waals surface area (Å²) in [4.78, 5) is 7.82. The number of fused-ring (bicyclic) bond motifs is 1. The van der Waals surface area contributed by atoms with Crippen molar-refractivity contribution < 1.29 is 0 Å². The van der Waals surface area contributed by atoms with Gasteiger partial charge in [0.15, 0.2) is 0 Å². The lowest BCUT2D eigenvalue weighted by Crippen LogP contribution is -1.79. The van der Waals surface area contributed by atoms with E-state index in [-0.39, 0.29) is 0 Å². The van der Waals surface area contributed by atoms with Crippen molar-refractivity contribution >= 4 is 34.0 Å². The van der Waals surface area contributed by atoms with Gasteiger partial charge in [-0.1, -0.05) is 18.2 Å². The van der Waals surface area contributed by atoms with Gasteiger partial charge in [0, 0.05) is 28.0 Å². The first kappa shape index (κ1) is 11.3. The van der Waals surface area contributed by atoms with Crippen LogP contribution < -0.4 is 0 Å². The van der Waals surface area contributed by atoms with Crippen molar-refractivity contribution in [3.63, 3.8) is 0 Å². The van der Waals surface area contributed by atoms with Gasteiger partial charge >= 0.3 is 0 Å². The van der Waals surface area contributed by atoms with Crippen molar-refractivity contribution in [1.29, 1.82) is 5.26 Å². The SMILES string of the molecule is N#CSCc1csc(-c2c[nH]c3ccccc23)n1. The lowest BCUT2D eigenvalue weighted by atomic mass is 10.2. The van der Waals surface area contributed by atoms with Gasteiger partial charge in [-0.25, -0.2) is 4.98 Å². The number of H-pyrrole nitrogens is 1. The van der Waals surface area contributed by atoms with Crippen LogP contribution in [0, 0.1) is 10.7 Å². The lowest BCUT2D eigenvalue weighted by Gasteiger charge is -1.93. The molecule has 0 amide bonds. The first-order valence-corrected chi connectivity index (χ1v) is 7.27. The van der Waals surface area contributed by atoms with Gasteiger partial charge in [-0.05, 0) is 17.8 Å². The maximum absolute atomic E-state index is 8.54. The monoisotopic (exact) mass is 271 g/mol. The molecule has 0 unspecified atom stereocenters. The van der Waals surface area contributed by atoms with Crippen LogP contribution in [0.5, 0.6) is 0 Å². The largest absolute Gasteiger partial charge is 0.360 e. The van der Waals surface area contributed by atoms with E-state index in [4.69, 9.17) is 5.26 Å². The van der Waals surface area contributed by atoms with Gasteiger partial charge in [-0.3, -0.25) is 0 Å². The number of nitrogens with zero attached hydrogens (tertiary/aromatic N) is 2. The number of para-hydroxylation sites is 1. The van der Waals surface area contributed by atoms with E-state index in [2.05, 4.69) is 27.5 Å². The Balaban J connectivity index is 1.99. The summed E-state index contributed by atoms with van der Waals surface area (Å²) in [5, 5.41) is 14.8. The molecule has 18 heavy (non-hydrogen) atoms. The molecule has 5 heteroatoms. The fourth-order valence-corrected chi connectivity index (χ4v) is 3.17. The van der Waals surface area contributed by atoms with Crippen LogP contribution in [0.1, 0.15) is 5.69 Å². The number of nitriles is 1.